The minimum Gasteiger partial charge on any atom is -0.340 e. The zero-order valence-electron chi connectivity index (χ0n) is 16.9. The first kappa shape index (κ1) is 18.9. The van der Waals surface area contributed by atoms with Crippen molar-refractivity contribution >= 4 is 28.7 Å². The van der Waals surface area contributed by atoms with Crippen LogP contribution in [0.2, 0.25) is 0 Å². The van der Waals surface area contributed by atoms with Crippen LogP contribution >= 0.6 is 11.8 Å². The van der Waals surface area contributed by atoms with E-state index in [2.05, 4.69) is 27.5 Å². The van der Waals surface area contributed by atoms with Gasteiger partial charge in [-0.25, -0.2) is 4.98 Å². The first-order chi connectivity index (χ1) is 14.7. The van der Waals surface area contributed by atoms with Gasteiger partial charge in [-0.2, -0.15) is 15.0 Å². The van der Waals surface area contributed by atoms with E-state index in [0.29, 0.717) is 17.8 Å². The topological polar surface area (TPSA) is 79.7 Å². The minimum atomic E-state index is -0.0716. The molecule has 1 amide bonds. The maximum Gasteiger partial charge on any atom is 0.257 e. The van der Waals surface area contributed by atoms with Gasteiger partial charge in [0.05, 0.1) is 35.2 Å². The predicted molar refractivity (Wildman–Crippen MR) is 117 cm³/mol. The van der Waals surface area contributed by atoms with Gasteiger partial charge in [0.25, 0.3) is 5.91 Å². The van der Waals surface area contributed by atoms with Gasteiger partial charge >= 0.3 is 0 Å². The summed E-state index contributed by atoms with van der Waals surface area (Å²) in [6.45, 7) is 2.66. The Morgan fingerprint density at radius 1 is 1.17 bits per heavy atom. The molecule has 0 aliphatic carbocycles. The summed E-state index contributed by atoms with van der Waals surface area (Å²) in [7, 11) is 0. The number of H-pyrrole nitrogens is 1. The van der Waals surface area contributed by atoms with Crippen molar-refractivity contribution in [1.82, 2.24) is 29.9 Å². The van der Waals surface area contributed by atoms with Crippen molar-refractivity contribution in [3.63, 3.8) is 0 Å². The van der Waals surface area contributed by atoms with Crippen molar-refractivity contribution in [2.75, 3.05) is 12.8 Å². The van der Waals surface area contributed by atoms with Gasteiger partial charge in [0.1, 0.15) is 11.3 Å². The first-order valence-electron chi connectivity index (χ1n) is 9.97. The lowest BCUT2D eigenvalue weighted by Crippen LogP contribution is -2.32. The Hall–Kier alpha value is -3.13. The fraction of sp³-hybridized carbons (Fsp3) is 0.273. The molecular formula is C22H22N6OS. The van der Waals surface area contributed by atoms with Crippen molar-refractivity contribution in [1.29, 1.82) is 0 Å². The van der Waals surface area contributed by atoms with E-state index in [0.717, 1.165) is 40.2 Å². The summed E-state index contributed by atoms with van der Waals surface area (Å²) >= 11 is 1.68. The number of amides is 1. The highest BCUT2D eigenvalue weighted by Gasteiger charge is 2.34. The first-order valence-corrected chi connectivity index (χ1v) is 11.2. The maximum absolute atomic E-state index is 13.7. The van der Waals surface area contributed by atoms with Crippen LogP contribution in [0.1, 0.15) is 40.6 Å². The number of imidazole rings is 1. The standard InChI is InChI=1S/C22H22N6OS/c1-14-6-3-8-16(28-23-11-12-24-28)19(14)22(29)27-13-5-9-17(27)21-25-15-7-4-10-18(30-2)20(15)26-21/h3-4,6-8,10-12,17H,5,9,13H2,1-2H3,(H,25,26). The van der Waals surface area contributed by atoms with Gasteiger partial charge < -0.3 is 9.88 Å². The van der Waals surface area contributed by atoms with Crippen LogP contribution in [0.15, 0.2) is 53.7 Å². The SMILES string of the molecule is CSc1cccc2[nH]c(C3CCCN3C(=O)c3c(C)cccc3-n3nccn3)nc12. The monoisotopic (exact) mass is 418 g/mol. The molecule has 0 bridgehead atoms. The molecule has 1 N–H and O–H groups in total. The fourth-order valence-electron chi connectivity index (χ4n) is 4.22. The number of benzene rings is 2. The second-order valence-corrected chi connectivity index (χ2v) is 8.27. The quantitative estimate of drug-likeness (QED) is 0.504. The number of aryl methyl sites for hydroxylation is 1. The highest BCUT2D eigenvalue weighted by Crippen LogP contribution is 2.35. The third-order valence-corrected chi connectivity index (χ3v) is 6.41. The molecule has 1 aliphatic rings. The Bertz CT molecular complexity index is 1220. The Labute approximate surface area is 178 Å². The number of aromatic amines is 1. The molecule has 1 unspecified atom stereocenters. The number of hydrogen-bond acceptors (Lipinski definition) is 5. The third kappa shape index (κ3) is 3.08. The van der Waals surface area contributed by atoms with Gasteiger partial charge in [0.15, 0.2) is 0 Å². The zero-order valence-corrected chi connectivity index (χ0v) is 17.7. The Morgan fingerprint density at radius 3 is 2.77 bits per heavy atom. The molecule has 2 aromatic heterocycles. The van der Waals surface area contributed by atoms with Crippen molar-refractivity contribution in [3.05, 3.63) is 65.7 Å². The van der Waals surface area contributed by atoms with E-state index in [4.69, 9.17) is 4.98 Å². The van der Waals surface area contributed by atoms with Crippen LogP contribution in [0, 0.1) is 6.92 Å². The van der Waals surface area contributed by atoms with E-state index < -0.39 is 0 Å². The van der Waals surface area contributed by atoms with Crippen LogP contribution < -0.4 is 0 Å². The van der Waals surface area contributed by atoms with Crippen molar-refractivity contribution < 1.29 is 4.79 Å². The molecule has 0 saturated carbocycles. The summed E-state index contributed by atoms with van der Waals surface area (Å²) in [4.78, 5) is 26.6. The molecule has 1 fully saturated rings. The van der Waals surface area contributed by atoms with Crippen LogP contribution in [0.25, 0.3) is 16.7 Å². The highest BCUT2D eigenvalue weighted by atomic mass is 32.2. The molecule has 4 aromatic rings. The van der Waals surface area contributed by atoms with Crippen LogP contribution in [-0.4, -0.2) is 48.6 Å². The van der Waals surface area contributed by atoms with Crippen LogP contribution in [0.3, 0.4) is 0 Å². The Morgan fingerprint density at radius 2 is 1.97 bits per heavy atom. The van der Waals surface area contributed by atoms with Crippen LogP contribution in [0.4, 0.5) is 0 Å². The molecule has 1 saturated heterocycles. The summed E-state index contributed by atoms with van der Waals surface area (Å²) in [6.07, 6.45) is 7.13. The number of hydrogen-bond donors (Lipinski definition) is 1. The molecule has 5 rings (SSSR count). The number of para-hydroxylation sites is 1. The second kappa shape index (κ2) is 7.60. The second-order valence-electron chi connectivity index (χ2n) is 7.42. The number of nitrogens with zero attached hydrogens (tertiary/aromatic N) is 5. The molecule has 8 heteroatoms. The molecule has 30 heavy (non-hydrogen) atoms. The van der Waals surface area contributed by atoms with Gasteiger partial charge in [-0.05, 0) is 49.8 Å². The Kier molecular flexibility index (Phi) is 4.78. The molecule has 2 aromatic carbocycles. The summed E-state index contributed by atoms with van der Waals surface area (Å²) in [5.74, 6) is 0.846. The normalized spacial score (nSPS) is 16.5. The van der Waals surface area contributed by atoms with Crippen molar-refractivity contribution in [3.8, 4) is 5.69 Å². The fourth-order valence-corrected chi connectivity index (χ4v) is 4.79. The molecule has 1 atom stereocenters. The van der Waals surface area contributed by atoms with E-state index in [9.17, 15) is 4.79 Å². The number of aromatic nitrogens is 5. The van der Waals surface area contributed by atoms with Gasteiger partial charge in [-0.1, -0.05) is 18.2 Å². The number of fused-ring (bicyclic) bond motifs is 1. The van der Waals surface area contributed by atoms with E-state index >= 15 is 0 Å². The highest BCUT2D eigenvalue weighted by molar-refractivity contribution is 7.98. The Balaban J connectivity index is 1.55. The van der Waals surface area contributed by atoms with E-state index in [1.54, 1.807) is 24.2 Å². The van der Waals surface area contributed by atoms with E-state index in [-0.39, 0.29) is 11.9 Å². The number of rotatable bonds is 4. The summed E-state index contributed by atoms with van der Waals surface area (Å²) in [5.41, 5.74) is 4.23. The summed E-state index contributed by atoms with van der Waals surface area (Å²) < 4.78 is 0. The number of likely N-dealkylation sites (tertiary alicyclic amines) is 1. The third-order valence-electron chi connectivity index (χ3n) is 5.64. The molecule has 7 nitrogen and oxygen atoms in total. The number of carbonyl (C=O) groups excluding carboxylic acids is 1. The minimum absolute atomic E-state index is 0.00607. The molecule has 0 spiro atoms. The zero-order chi connectivity index (χ0) is 20.7. The average Bonchev–Trinajstić information content (AvgIpc) is 3.52. The van der Waals surface area contributed by atoms with Crippen molar-refractivity contribution in [2.24, 2.45) is 0 Å². The summed E-state index contributed by atoms with van der Waals surface area (Å²) in [5, 5.41) is 8.47. The van der Waals surface area contributed by atoms with E-state index in [1.807, 2.05) is 42.2 Å². The predicted octanol–water partition coefficient (Wildman–Crippen LogP) is 4.15. The number of thioether (sulfide) groups is 1. The molecular weight excluding hydrogens is 396 g/mol. The largest absolute Gasteiger partial charge is 0.340 e. The summed E-state index contributed by atoms with van der Waals surface area (Å²) in [6, 6.07) is 11.8. The number of nitrogens with one attached hydrogen (secondary N) is 1. The van der Waals surface area contributed by atoms with Gasteiger partial charge in [-0.15, -0.1) is 11.8 Å². The van der Waals surface area contributed by atoms with Gasteiger partial charge in [0.2, 0.25) is 0 Å². The average molecular weight is 419 g/mol. The van der Waals surface area contributed by atoms with Crippen LogP contribution in [-0.2, 0) is 0 Å². The van der Waals surface area contributed by atoms with Crippen molar-refractivity contribution in [2.45, 2.75) is 30.7 Å². The molecule has 1 aliphatic heterocycles. The van der Waals surface area contributed by atoms with Gasteiger partial charge in [0, 0.05) is 11.4 Å². The van der Waals surface area contributed by atoms with E-state index in [1.165, 1.54) is 4.80 Å². The lowest BCUT2D eigenvalue weighted by molar-refractivity contribution is 0.0729. The lowest BCUT2D eigenvalue weighted by Gasteiger charge is -2.25. The number of carbonyl (C=O) groups is 1. The smallest absolute Gasteiger partial charge is 0.257 e. The van der Waals surface area contributed by atoms with Gasteiger partial charge in [-0.3, -0.25) is 4.79 Å². The van der Waals surface area contributed by atoms with Crippen LogP contribution in [0.5, 0.6) is 0 Å². The molecule has 3 heterocycles. The molecule has 0 radical (unpaired) electrons. The maximum atomic E-state index is 13.7. The molecule has 152 valence electrons. The lowest BCUT2D eigenvalue weighted by atomic mass is 10.0.